The van der Waals surface area contributed by atoms with Crippen molar-refractivity contribution >= 4 is 33.1 Å². The predicted octanol–water partition coefficient (Wildman–Crippen LogP) is 3.06. The predicted molar refractivity (Wildman–Crippen MR) is 99.2 cm³/mol. The van der Waals surface area contributed by atoms with Gasteiger partial charge in [-0.25, -0.2) is 9.67 Å². The number of hydrogen-bond acceptors (Lipinski definition) is 6. The Morgan fingerprint density at radius 1 is 1.23 bits per heavy atom. The molecular formula is C18H14N4O3S. The van der Waals surface area contributed by atoms with E-state index in [1.807, 2.05) is 25.1 Å². The number of aryl methyl sites for hydroxylation is 1. The minimum atomic E-state index is -0.400. The average Bonchev–Trinajstić information content (AvgIpc) is 3.28. The van der Waals surface area contributed by atoms with E-state index in [-0.39, 0.29) is 12.5 Å². The number of benzene rings is 1. The van der Waals surface area contributed by atoms with Crippen LogP contribution in [0.1, 0.15) is 5.01 Å². The molecule has 1 amide bonds. The maximum Gasteiger partial charge on any atom is 0.294 e. The molecule has 1 N–H and O–H groups in total. The van der Waals surface area contributed by atoms with Crippen LogP contribution in [-0.2, 0) is 11.3 Å². The number of aromatic nitrogens is 3. The molecule has 0 fully saturated rings. The molecule has 4 aromatic rings. The first-order valence-electron chi connectivity index (χ1n) is 7.89. The Balaban J connectivity index is 1.74. The minimum absolute atomic E-state index is 0.214. The third kappa shape index (κ3) is 3.02. The lowest BCUT2D eigenvalue weighted by Gasteiger charge is -2.08. The first-order chi connectivity index (χ1) is 12.6. The van der Waals surface area contributed by atoms with E-state index in [1.165, 1.54) is 17.6 Å². The molecule has 0 aliphatic heterocycles. The van der Waals surface area contributed by atoms with Crippen molar-refractivity contribution in [2.24, 2.45) is 0 Å². The monoisotopic (exact) mass is 366 g/mol. The van der Waals surface area contributed by atoms with Crippen LogP contribution in [0, 0.1) is 6.92 Å². The summed E-state index contributed by atoms with van der Waals surface area (Å²) in [6.07, 6.45) is 1.54. The van der Waals surface area contributed by atoms with Gasteiger partial charge in [-0.3, -0.25) is 9.59 Å². The van der Waals surface area contributed by atoms with E-state index >= 15 is 0 Å². The van der Waals surface area contributed by atoms with Crippen molar-refractivity contribution in [3.8, 4) is 11.5 Å². The Labute approximate surface area is 151 Å². The highest BCUT2D eigenvalue weighted by molar-refractivity contribution is 7.19. The van der Waals surface area contributed by atoms with E-state index in [0.29, 0.717) is 27.4 Å². The smallest absolute Gasteiger partial charge is 0.294 e. The molecule has 4 rings (SSSR count). The SMILES string of the molecule is Cc1nc2c(=O)n(CC(=O)Nc3ccccc3)nc(-c3ccco3)c2s1. The molecule has 26 heavy (non-hydrogen) atoms. The van der Waals surface area contributed by atoms with Gasteiger partial charge >= 0.3 is 0 Å². The number of thiazole rings is 1. The summed E-state index contributed by atoms with van der Waals surface area (Å²) in [5.41, 5.74) is 1.05. The first-order valence-corrected chi connectivity index (χ1v) is 8.70. The summed E-state index contributed by atoms with van der Waals surface area (Å²) >= 11 is 1.37. The van der Waals surface area contributed by atoms with E-state index < -0.39 is 5.56 Å². The molecule has 0 bridgehead atoms. The van der Waals surface area contributed by atoms with Crippen LogP contribution in [0.15, 0.2) is 57.9 Å². The molecule has 0 saturated carbocycles. The zero-order valence-corrected chi connectivity index (χ0v) is 14.6. The molecule has 0 aliphatic rings. The molecule has 0 atom stereocenters. The molecule has 0 saturated heterocycles. The Morgan fingerprint density at radius 2 is 2.04 bits per heavy atom. The molecular weight excluding hydrogens is 352 g/mol. The summed E-state index contributed by atoms with van der Waals surface area (Å²) in [5, 5.41) is 7.85. The molecule has 3 aromatic heterocycles. The van der Waals surface area contributed by atoms with Gasteiger partial charge in [0, 0.05) is 5.69 Å². The second kappa shape index (κ2) is 6.57. The molecule has 1 aromatic carbocycles. The normalized spacial score (nSPS) is 11.0. The van der Waals surface area contributed by atoms with Gasteiger partial charge in [0.15, 0.2) is 11.3 Å². The molecule has 0 unspecified atom stereocenters. The number of fused-ring (bicyclic) bond motifs is 1. The molecule has 130 valence electrons. The van der Waals surface area contributed by atoms with Gasteiger partial charge in [0.1, 0.15) is 12.2 Å². The number of anilines is 1. The van der Waals surface area contributed by atoms with Crippen LogP contribution in [0.3, 0.4) is 0 Å². The largest absolute Gasteiger partial charge is 0.463 e. The fourth-order valence-electron chi connectivity index (χ4n) is 2.61. The van der Waals surface area contributed by atoms with E-state index in [9.17, 15) is 9.59 Å². The van der Waals surface area contributed by atoms with Gasteiger partial charge in [0.05, 0.1) is 16.0 Å². The summed E-state index contributed by atoms with van der Waals surface area (Å²) in [6.45, 7) is 1.61. The van der Waals surface area contributed by atoms with Gasteiger partial charge in [0.2, 0.25) is 5.91 Å². The topological polar surface area (TPSA) is 90.0 Å². The van der Waals surface area contributed by atoms with Crippen molar-refractivity contribution in [2.45, 2.75) is 13.5 Å². The van der Waals surface area contributed by atoms with Crippen molar-refractivity contribution in [1.29, 1.82) is 0 Å². The molecule has 7 nitrogen and oxygen atoms in total. The number of hydrogen-bond donors (Lipinski definition) is 1. The summed E-state index contributed by atoms with van der Waals surface area (Å²) in [4.78, 5) is 29.3. The fraction of sp³-hybridized carbons (Fsp3) is 0.111. The number of furan rings is 1. The standard InChI is InChI=1S/C18H14N4O3S/c1-11-19-16-17(26-11)15(13-8-5-9-25-13)21-22(18(16)24)10-14(23)20-12-6-3-2-4-7-12/h2-9H,10H2,1H3,(H,20,23). The zero-order chi connectivity index (χ0) is 18.1. The Bertz CT molecular complexity index is 1130. The quantitative estimate of drug-likeness (QED) is 0.599. The van der Waals surface area contributed by atoms with Gasteiger partial charge in [-0.15, -0.1) is 11.3 Å². The van der Waals surface area contributed by atoms with Crippen LogP contribution in [-0.4, -0.2) is 20.7 Å². The second-order valence-corrected chi connectivity index (χ2v) is 6.82. The summed E-state index contributed by atoms with van der Waals surface area (Å²) in [7, 11) is 0. The van der Waals surface area contributed by atoms with E-state index in [2.05, 4.69) is 15.4 Å². The van der Waals surface area contributed by atoms with Gasteiger partial charge in [-0.05, 0) is 31.2 Å². The third-order valence-corrected chi connectivity index (χ3v) is 4.69. The van der Waals surface area contributed by atoms with Crippen molar-refractivity contribution in [1.82, 2.24) is 14.8 Å². The van der Waals surface area contributed by atoms with Crippen LogP contribution in [0.4, 0.5) is 5.69 Å². The summed E-state index contributed by atoms with van der Waals surface area (Å²) < 4.78 is 7.21. The van der Waals surface area contributed by atoms with E-state index in [0.717, 1.165) is 9.69 Å². The van der Waals surface area contributed by atoms with Crippen LogP contribution in [0.2, 0.25) is 0 Å². The molecule has 0 aliphatic carbocycles. The number of rotatable bonds is 4. The maximum atomic E-state index is 12.7. The summed E-state index contributed by atoms with van der Waals surface area (Å²) in [5.74, 6) is 0.179. The lowest BCUT2D eigenvalue weighted by molar-refractivity contribution is -0.117. The lowest BCUT2D eigenvalue weighted by Crippen LogP contribution is -2.30. The van der Waals surface area contributed by atoms with Crippen molar-refractivity contribution < 1.29 is 9.21 Å². The first kappa shape index (κ1) is 16.2. The van der Waals surface area contributed by atoms with E-state index in [4.69, 9.17) is 4.42 Å². The second-order valence-electron chi connectivity index (χ2n) is 5.61. The van der Waals surface area contributed by atoms with Crippen molar-refractivity contribution in [3.63, 3.8) is 0 Å². The van der Waals surface area contributed by atoms with Gasteiger partial charge in [-0.1, -0.05) is 18.2 Å². The molecule has 0 radical (unpaired) electrons. The lowest BCUT2D eigenvalue weighted by atomic mass is 10.3. The van der Waals surface area contributed by atoms with Gasteiger partial charge in [-0.2, -0.15) is 5.10 Å². The van der Waals surface area contributed by atoms with Crippen molar-refractivity contribution in [3.05, 3.63) is 64.1 Å². The molecule has 0 spiro atoms. The number of nitrogens with one attached hydrogen (secondary N) is 1. The third-order valence-electron chi connectivity index (χ3n) is 3.71. The zero-order valence-electron chi connectivity index (χ0n) is 13.8. The number of para-hydroxylation sites is 1. The Kier molecular flexibility index (Phi) is 4.10. The van der Waals surface area contributed by atoms with Crippen molar-refractivity contribution in [2.75, 3.05) is 5.32 Å². The number of carbonyl (C=O) groups excluding carboxylic acids is 1. The number of carbonyl (C=O) groups is 1. The molecule has 8 heteroatoms. The fourth-order valence-corrected chi connectivity index (χ4v) is 3.51. The summed E-state index contributed by atoms with van der Waals surface area (Å²) in [6, 6.07) is 12.5. The number of nitrogens with zero attached hydrogens (tertiary/aromatic N) is 3. The van der Waals surface area contributed by atoms with Gasteiger partial charge in [0.25, 0.3) is 5.56 Å². The highest BCUT2D eigenvalue weighted by Gasteiger charge is 2.19. The van der Waals surface area contributed by atoms with E-state index in [1.54, 1.807) is 24.3 Å². The number of amides is 1. The Morgan fingerprint density at radius 3 is 2.77 bits per heavy atom. The van der Waals surface area contributed by atoms with Crippen LogP contribution >= 0.6 is 11.3 Å². The minimum Gasteiger partial charge on any atom is -0.463 e. The van der Waals surface area contributed by atoms with Crippen LogP contribution in [0.5, 0.6) is 0 Å². The highest BCUT2D eigenvalue weighted by atomic mass is 32.1. The Hall–Kier alpha value is -3.26. The highest BCUT2D eigenvalue weighted by Crippen LogP contribution is 2.29. The van der Waals surface area contributed by atoms with Crippen LogP contribution < -0.4 is 10.9 Å². The van der Waals surface area contributed by atoms with Gasteiger partial charge < -0.3 is 9.73 Å². The average molecular weight is 366 g/mol. The maximum absolute atomic E-state index is 12.7. The van der Waals surface area contributed by atoms with Crippen LogP contribution in [0.25, 0.3) is 21.7 Å². The molecule has 3 heterocycles.